The van der Waals surface area contributed by atoms with Crippen LogP contribution in [0.1, 0.15) is 23.2 Å². The predicted octanol–water partition coefficient (Wildman–Crippen LogP) is 2.00. The van der Waals surface area contributed by atoms with E-state index in [2.05, 4.69) is 15.5 Å². The van der Waals surface area contributed by atoms with E-state index in [4.69, 9.17) is 14.2 Å². The van der Waals surface area contributed by atoms with Crippen LogP contribution in [0.25, 0.3) is 5.69 Å². The molecule has 4 rings (SSSR count). The average molecular weight is 380 g/mol. The van der Waals surface area contributed by atoms with Crippen LogP contribution in [0.5, 0.6) is 17.2 Å². The molecule has 9 heteroatoms. The molecule has 0 saturated carbocycles. The summed E-state index contributed by atoms with van der Waals surface area (Å²) >= 11 is 0. The van der Waals surface area contributed by atoms with Gasteiger partial charge in [-0.1, -0.05) is 0 Å². The van der Waals surface area contributed by atoms with Gasteiger partial charge in [-0.15, -0.1) is 5.10 Å². The van der Waals surface area contributed by atoms with E-state index in [0.717, 1.165) is 5.69 Å². The van der Waals surface area contributed by atoms with Crippen molar-refractivity contribution in [2.45, 2.75) is 12.8 Å². The molecule has 0 atom stereocenters. The number of carbonyl (C=O) groups is 2. The molecule has 0 radical (unpaired) electrons. The number of tetrazole rings is 1. The van der Waals surface area contributed by atoms with Gasteiger partial charge < -0.3 is 14.2 Å². The van der Waals surface area contributed by atoms with Crippen molar-refractivity contribution in [1.82, 2.24) is 20.2 Å². The van der Waals surface area contributed by atoms with E-state index < -0.39 is 5.97 Å². The first kappa shape index (κ1) is 17.7. The Bertz CT molecular complexity index is 986. The standard InChI is InChI=1S/C19H16N4O5/c24-16(13-1-7-17-18(11-13)27-10-9-26-17)6-8-19(25)28-15-4-2-14(3-5-15)23-12-20-21-22-23/h1-5,7,11-12H,6,8-10H2. The van der Waals surface area contributed by atoms with Crippen molar-refractivity contribution in [2.75, 3.05) is 13.2 Å². The van der Waals surface area contributed by atoms with E-state index in [9.17, 15) is 9.59 Å². The lowest BCUT2D eigenvalue weighted by Gasteiger charge is -2.18. The molecule has 0 amide bonds. The highest BCUT2D eigenvalue weighted by Gasteiger charge is 2.16. The number of carbonyl (C=O) groups excluding carboxylic acids is 2. The minimum absolute atomic E-state index is 0.0258. The SMILES string of the molecule is O=C(CCC(=O)c1ccc2c(c1)OCCO2)Oc1ccc(-n2cnnn2)cc1. The number of fused-ring (bicyclic) bond motifs is 1. The summed E-state index contributed by atoms with van der Waals surface area (Å²) in [6.45, 7) is 0.937. The van der Waals surface area contributed by atoms with Crippen LogP contribution in [-0.2, 0) is 4.79 Å². The third-order valence-electron chi connectivity index (χ3n) is 4.10. The second kappa shape index (κ2) is 7.87. The molecule has 0 saturated heterocycles. The number of nitrogens with zero attached hydrogens (tertiary/aromatic N) is 4. The maximum Gasteiger partial charge on any atom is 0.311 e. The third-order valence-corrected chi connectivity index (χ3v) is 4.10. The number of rotatable bonds is 6. The molecule has 0 aliphatic carbocycles. The molecular weight excluding hydrogens is 364 g/mol. The van der Waals surface area contributed by atoms with E-state index in [0.29, 0.717) is 36.0 Å². The summed E-state index contributed by atoms with van der Waals surface area (Å²) in [7, 11) is 0. The van der Waals surface area contributed by atoms with Crippen molar-refractivity contribution in [3.05, 3.63) is 54.4 Å². The first-order valence-corrected chi connectivity index (χ1v) is 8.66. The highest BCUT2D eigenvalue weighted by Crippen LogP contribution is 2.31. The zero-order chi connectivity index (χ0) is 19.3. The van der Waals surface area contributed by atoms with Crippen LogP contribution in [0.3, 0.4) is 0 Å². The van der Waals surface area contributed by atoms with Crippen LogP contribution >= 0.6 is 0 Å². The summed E-state index contributed by atoms with van der Waals surface area (Å²) in [5, 5.41) is 10.9. The number of ether oxygens (including phenoxy) is 3. The fourth-order valence-electron chi connectivity index (χ4n) is 2.71. The lowest BCUT2D eigenvalue weighted by atomic mass is 10.1. The number of ketones is 1. The topological polar surface area (TPSA) is 105 Å². The number of hydrogen-bond acceptors (Lipinski definition) is 8. The van der Waals surface area contributed by atoms with Crippen molar-refractivity contribution >= 4 is 11.8 Å². The largest absolute Gasteiger partial charge is 0.486 e. The Balaban J connectivity index is 1.31. The van der Waals surface area contributed by atoms with Crippen molar-refractivity contribution in [1.29, 1.82) is 0 Å². The van der Waals surface area contributed by atoms with Gasteiger partial charge in [-0.2, -0.15) is 0 Å². The summed E-state index contributed by atoms with van der Waals surface area (Å²) < 4.78 is 17.7. The van der Waals surface area contributed by atoms with Gasteiger partial charge in [-0.25, -0.2) is 4.68 Å². The fraction of sp³-hybridized carbons (Fsp3) is 0.211. The molecule has 1 aliphatic heterocycles. The minimum Gasteiger partial charge on any atom is -0.486 e. The highest BCUT2D eigenvalue weighted by atomic mass is 16.6. The van der Waals surface area contributed by atoms with Gasteiger partial charge in [0, 0.05) is 12.0 Å². The van der Waals surface area contributed by atoms with Crippen LogP contribution in [0.15, 0.2) is 48.8 Å². The molecule has 142 valence electrons. The lowest BCUT2D eigenvalue weighted by Crippen LogP contribution is -2.16. The molecule has 0 spiro atoms. The molecule has 0 N–H and O–H groups in total. The second-order valence-electron chi connectivity index (χ2n) is 6.00. The van der Waals surface area contributed by atoms with Crippen molar-refractivity contribution in [3.63, 3.8) is 0 Å². The summed E-state index contributed by atoms with van der Waals surface area (Å²) in [5.41, 5.74) is 1.21. The molecule has 0 fully saturated rings. The minimum atomic E-state index is -0.485. The van der Waals surface area contributed by atoms with Gasteiger partial charge in [0.05, 0.1) is 12.1 Å². The van der Waals surface area contributed by atoms with Gasteiger partial charge in [-0.05, 0) is 52.9 Å². The number of aromatic nitrogens is 4. The van der Waals surface area contributed by atoms with Crippen LogP contribution in [-0.4, -0.2) is 45.2 Å². The Hall–Kier alpha value is -3.75. The number of esters is 1. The number of benzene rings is 2. The third kappa shape index (κ3) is 3.98. The average Bonchev–Trinajstić information content (AvgIpc) is 3.27. The Morgan fingerprint density at radius 2 is 1.79 bits per heavy atom. The molecule has 9 nitrogen and oxygen atoms in total. The van der Waals surface area contributed by atoms with Gasteiger partial charge in [0.1, 0.15) is 25.3 Å². The molecule has 1 aliphatic rings. The molecule has 2 heterocycles. The number of hydrogen-bond donors (Lipinski definition) is 0. The Morgan fingerprint density at radius 1 is 1.00 bits per heavy atom. The summed E-state index contributed by atoms with van der Waals surface area (Å²) in [6.07, 6.45) is 1.48. The van der Waals surface area contributed by atoms with Crippen LogP contribution in [0.4, 0.5) is 0 Å². The van der Waals surface area contributed by atoms with Crippen molar-refractivity contribution < 1.29 is 23.8 Å². The molecule has 2 aromatic carbocycles. The summed E-state index contributed by atoms with van der Waals surface area (Å²) in [4.78, 5) is 24.4. The lowest BCUT2D eigenvalue weighted by molar-refractivity contribution is -0.134. The first-order valence-electron chi connectivity index (χ1n) is 8.66. The Kier molecular flexibility index (Phi) is 4.96. The van der Waals surface area contributed by atoms with E-state index in [1.165, 1.54) is 11.0 Å². The zero-order valence-corrected chi connectivity index (χ0v) is 14.8. The summed E-state index contributed by atoms with van der Waals surface area (Å²) in [6, 6.07) is 11.7. The van der Waals surface area contributed by atoms with Crippen LogP contribution in [0, 0.1) is 0 Å². The Labute approximate surface area is 159 Å². The van der Waals surface area contributed by atoms with Gasteiger partial charge in [0.25, 0.3) is 0 Å². The molecule has 0 unspecified atom stereocenters. The maximum absolute atomic E-state index is 12.3. The van der Waals surface area contributed by atoms with E-state index in [1.54, 1.807) is 42.5 Å². The molecule has 0 bridgehead atoms. The quantitative estimate of drug-likeness (QED) is 0.363. The smallest absolute Gasteiger partial charge is 0.311 e. The van der Waals surface area contributed by atoms with Crippen molar-refractivity contribution in [2.24, 2.45) is 0 Å². The second-order valence-corrected chi connectivity index (χ2v) is 6.00. The zero-order valence-electron chi connectivity index (χ0n) is 14.8. The van der Waals surface area contributed by atoms with Crippen molar-refractivity contribution in [3.8, 4) is 22.9 Å². The van der Waals surface area contributed by atoms with Gasteiger partial charge in [0.2, 0.25) is 0 Å². The van der Waals surface area contributed by atoms with Crippen LogP contribution < -0.4 is 14.2 Å². The molecular formula is C19H16N4O5. The maximum atomic E-state index is 12.3. The van der Waals surface area contributed by atoms with Gasteiger partial charge >= 0.3 is 5.97 Å². The molecule has 28 heavy (non-hydrogen) atoms. The monoisotopic (exact) mass is 380 g/mol. The van der Waals surface area contributed by atoms with E-state index in [-0.39, 0.29) is 18.6 Å². The first-order chi connectivity index (χ1) is 13.7. The molecule has 1 aromatic heterocycles. The fourth-order valence-corrected chi connectivity index (χ4v) is 2.71. The van der Waals surface area contributed by atoms with E-state index in [1.807, 2.05) is 0 Å². The predicted molar refractivity (Wildman–Crippen MR) is 95.8 cm³/mol. The highest BCUT2D eigenvalue weighted by molar-refractivity contribution is 5.98. The summed E-state index contributed by atoms with van der Waals surface area (Å²) in [5.74, 6) is 0.896. The van der Waals surface area contributed by atoms with E-state index >= 15 is 0 Å². The van der Waals surface area contributed by atoms with Gasteiger partial charge in [-0.3, -0.25) is 9.59 Å². The van der Waals surface area contributed by atoms with Gasteiger partial charge in [0.15, 0.2) is 17.3 Å². The molecule has 3 aromatic rings. The Morgan fingerprint density at radius 3 is 2.54 bits per heavy atom. The van der Waals surface area contributed by atoms with Crippen LogP contribution in [0.2, 0.25) is 0 Å². The normalized spacial score (nSPS) is 12.4. The number of Topliss-reactive ketones (excluding diaryl/α,β-unsaturated/α-hetero) is 1.